The minimum absolute atomic E-state index is 0.0279. The monoisotopic (exact) mass is 311 g/mol. The second kappa shape index (κ2) is 6.00. The van der Waals surface area contributed by atoms with E-state index in [1.165, 1.54) is 0 Å². The molecule has 0 bridgehead atoms. The quantitative estimate of drug-likeness (QED) is 0.802. The fourth-order valence-electron chi connectivity index (χ4n) is 1.19. The van der Waals surface area contributed by atoms with Gasteiger partial charge in [-0.15, -0.1) is 0 Å². The number of ether oxygens (including phenoxy) is 1. The molecule has 0 N–H and O–H groups in total. The number of halogens is 4. The summed E-state index contributed by atoms with van der Waals surface area (Å²) in [7, 11) is 0. The summed E-state index contributed by atoms with van der Waals surface area (Å²) in [6.07, 6.45) is -2.59. The van der Waals surface area contributed by atoms with Crippen molar-refractivity contribution in [1.82, 2.24) is 4.98 Å². The zero-order valence-corrected chi connectivity index (χ0v) is 10.4. The van der Waals surface area contributed by atoms with Crippen LogP contribution in [-0.4, -0.2) is 17.6 Å². The smallest absolute Gasteiger partial charge is 0.311 e. The Bertz CT molecular complexity index is 426. The first kappa shape index (κ1) is 14.0. The van der Waals surface area contributed by atoms with Crippen LogP contribution in [-0.2, 0) is 16.0 Å². The Labute approximate surface area is 104 Å². The predicted molar refractivity (Wildman–Crippen MR) is 57.2 cm³/mol. The van der Waals surface area contributed by atoms with Crippen LogP contribution < -0.4 is 0 Å². The van der Waals surface area contributed by atoms with Gasteiger partial charge in [0.2, 0.25) is 0 Å². The Morgan fingerprint density at radius 2 is 2.24 bits per heavy atom. The fourth-order valence-corrected chi connectivity index (χ4v) is 1.80. The molecule has 7 heteroatoms. The summed E-state index contributed by atoms with van der Waals surface area (Å²) in [6, 6.07) is 0. The van der Waals surface area contributed by atoms with Gasteiger partial charge in [-0.2, -0.15) is 0 Å². The number of hydrogen-bond acceptors (Lipinski definition) is 3. The molecule has 0 unspecified atom stereocenters. The van der Waals surface area contributed by atoms with E-state index in [1.807, 2.05) is 0 Å². The zero-order valence-electron chi connectivity index (χ0n) is 8.84. The molecule has 0 saturated heterocycles. The molecule has 0 atom stereocenters. The molecule has 0 radical (unpaired) electrons. The number of hydrogen-bond donors (Lipinski definition) is 0. The van der Waals surface area contributed by atoms with Crippen molar-refractivity contribution in [1.29, 1.82) is 0 Å². The highest BCUT2D eigenvalue weighted by Gasteiger charge is 2.22. The molecule has 3 nitrogen and oxygen atoms in total. The topological polar surface area (TPSA) is 39.2 Å². The summed E-state index contributed by atoms with van der Waals surface area (Å²) in [5.74, 6) is -1.72. The number of aromatic nitrogens is 1. The lowest BCUT2D eigenvalue weighted by Gasteiger charge is -2.09. The second-order valence-electron chi connectivity index (χ2n) is 3.06. The maximum atomic E-state index is 13.1. The Morgan fingerprint density at radius 1 is 1.59 bits per heavy atom. The van der Waals surface area contributed by atoms with Crippen molar-refractivity contribution < 1.29 is 22.7 Å². The minimum Gasteiger partial charge on any atom is -0.466 e. The standard InChI is InChI=1S/C10H9BrF3NO2/c1-2-17-7(16)3-6-9(11)8(10(13)14)5(12)4-15-6/h4,10H,2-3H2,1H3. The van der Waals surface area contributed by atoms with Crippen LogP contribution >= 0.6 is 15.9 Å². The van der Waals surface area contributed by atoms with Crippen molar-refractivity contribution in [2.24, 2.45) is 0 Å². The lowest BCUT2D eigenvalue weighted by molar-refractivity contribution is -0.142. The van der Waals surface area contributed by atoms with Crippen molar-refractivity contribution in [2.75, 3.05) is 6.61 Å². The van der Waals surface area contributed by atoms with E-state index in [9.17, 15) is 18.0 Å². The van der Waals surface area contributed by atoms with Gasteiger partial charge in [-0.25, -0.2) is 13.2 Å². The molecule has 17 heavy (non-hydrogen) atoms. The SMILES string of the molecule is CCOC(=O)Cc1ncc(F)c(C(F)F)c1Br. The van der Waals surface area contributed by atoms with Crippen LogP contribution in [0.3, 0.4) is 0 Å². The third-order valence-electron chi connectivity index (χ3n) is 1.92. The Morgan fingerprint density at radius 3 is 2.76 bits per heavy atom. The van der Waals surface area contributed by atoms with E-state index in [0.717, 1.165) is 0 Å². The molecule has 1 heterocycles. The molecule has 1 aromatic heterocycles. The number of nitrogens with zero attached hydrogens (tertiary/aromatic N) is 1. The van der Waals surface area contributed by atoms with Crippen molar-refractivity contribution in [3.05, 3.63) is 27.7 Å². The van der Waals surface area contributed by atoms with Crippen LogP contribution in [0.4, 0.5) is 13.2 Å². The van der Waals surface area contributed by atoms with E-state index in [1.54, 1.807) is 6.92 Å². The molecule has 0 aliphatic carbocycles. The Kier molecular flexibility index (Phi) is 4.92. The van der Waals surface area contributed by atoms with Gasteiger partial charge in [-0.3, -0.25) is 9.78 Å². The van der Waals surface area contributed by atoms with E-state index < -0.39 is 23.8 Å². The van der Waals surface area contributed by atoms with Gasteiger partial charge in [0.05, 0.1) is 35.0 Å². The van der Waals surface area contributed by atoms with Crippen molar-refractivity contribution in [3.63, 3.8) is 0 Å². The summed E-state index contributed by atoms with van der Waals surface area (Å²) < 4.78 is 42.6. The molecule has 0 saturated carbocycles. The van der Waals surface area contributed by atoms with Gasteiger partial charge >= 0.3 is 5.97 Å². The van der Waals surface area contributed by atoms with Crippen molar-refractivity contribution in [3.8, 4) is 0 Å². The average Bonchev–Trinajstić information content (AvgIpc) is 2.22. The molecule has 0 spiro atoms. The van der Waals surface area contributed by atoms with Gasteiger partial charge in [0.1, 0.15) is 0 Å². The van der Waals surface area contributed by atoms with Crippen LogP contribution in [0.5, 0.6) is 0 Å². The van der Waals surface area contributed by atoms with Gasteiger partial charge < -0.3 is 4.74 Å². The normalized spacial score (nSPS) is 10.7. The number of alkyl halides is 2. The molecule has 1 rings (SSSR count). The number of pyridine rings is 1. The maximum Gasteiger partial charge on any atom is 0.311 e. The first-order valence-electron chi connectivity index (χ1n) is 4.73. The highest BCUT2D eigenvalue weighted by atomic mass is 79.9. The molecule has 0 aromatic carbocycles. The maximum absolute atomic E-state index is 13.1. The van der Waals surface area contributed by atoms with E-state index in [-0.39, 0.29) is 23.2 Å². The average molecular weight is 312 g/mol. The summed E-state index contributed by atoms with van der Waals surface area (Å²) in [4.78, 5) is 14.8. The van der Waals surface area contributed by atoms with Crippen molar-refractivity contribution >= 4 is 21.9 Å². The Balaban J connectivity index is 3.02. The Hall–Kier alpha value is -1.11. The molecule has 94 valence electrons. The van der Waals surface area contributed by atoms with Crippen LogP contribution in [0.1, 0.15) is 24.6 Å². The summed E-state index contributed by atoms with van der Waals surface area (Å²) in [5.41, 5.74) is -0.764. The number of carbonyl (C=O) groups is 1. The number of carbonyl (C=O) groups excluding carboxylic acids is 1. The highest BCUT2D eigenvalue weighted by molar-refractivity contribution is 9.10. The van der Waals surface area contributed by atoms with Crippen LogP contribution in [0, 0.1) is 5.82 Å². The van der Waals surface area contributed by atoms with E-state index in [2.05, 4.69) is 25.7 Å². The van der Waals surface area contributed by atoms with Crippen LogP contribution in [0.2, 0.25) is 0 Å². The van der Waals surface area contributed by atoms with Gasteiger partial charge in [-0.1, -0.05) is 0 Å². The lowest BCUT2D eigenvalue weighted by atomic mass is 10.2. The van der Waals surface area contributed by atoms with Crippen LogP contribution in [0.15, 0.2) is 10.7 Å². The van der Waals surface area contributed by atoms with Gasteiger partial charge in [0, 0.05) is 0 Å². The lowest BCUT2D eigenvalue weighted by Crippen LogP contribution is -2.11. The molecular weight excluding hydrogens is 303 g/mol. The molecular formula is C10H9BrF3NO2. The molecule has 0 aliphatic heterocycles. The zero-order chi connectivity index (χ0) is 13.0. The number of esters is 1. The van der Waals surface area contributed by atoms with E-state index in [0.29, 0.717) is 6.20 Å². The summed E-state index contributed by atoms with van der Waals surface area (Å²) in [5, 5.41) is 0. The molecule has 1 aromatic rings. The van der Waals surface area contributed by atoms with Crippen LogP contribution in [0.25, 0.3) is 0 Å². The highest BCUT2D eigenvalue weighted by Crippen LogP contribution is 2.31. The van der Waals surface area contributed by atoms with Crippen molar-refractivity contribution in [2.45, 2.75) is 19.8 Å². The summed E-state index contributed by atoms with van der Waals surface area (Å²) in [6.45, 7) is 1.80. The predicted octanol–water partition coefficient (Wildman–Crippen LogP) is 3.03. The third kappa shape index (κ3) is 3.42. The fraction of sp³-hybridized carbons (Fsp3) is 0.400. The van der Waals surface area contributed by atoms with E-state index >= 15 is 0 Å². The first-order chi connectivity index (χ1) is 7.97. The number of rotatable bonds is 4. The molecule has 0 fully saturated rings. The largest absolute Gasteiger partial charge is 0.466 e. The van der Waals surface area contributed by atoms with Gasteiger partial charge in [0.25, 0.3) is 6.43 Å². The van der Waals surface area contributed by atoms with Gasteiger partial charge in [-0.05, 0) is 22.9 Å². The molecule has 0 aliphatic rings. The third-order valence-corrected chi connectivity index (χ3v) is 2.80. The van der Waals surface area contributed by atoms with E-state index in [4.69, 9.17) is 0 Å². The molecule has 0 amide bonds. The second-order valence-corrected chi connectivity index (χ2v) is 3.86. The first-order valence-corrected chi connectivity index (χ1v) is 5.53. The minimum atomic E-state index is -2.98. The van der Waals surface area contributed by atoms with Gasteiger partial charge in [0.15, 0.2) is 5.82 Å². The summed E-state index contributed by atoms with van der Waals surface area (Å²) >= 11 is 2.82.